The Hall–Kier alpha value is -2.38. The van der Waals surface area contributed by atoms with Crippen LogP contribution < -0.4 is 14.8 Å². The summed E-state index contributed by atoms with van der Waals surface area (Å²) < 4.78 is 10.8. The molecule has 0 atom stereocenters. The number of hydrogen-bond acceptors (Lipinski definition) is 6. The van der Waals surface area contributed by atoms with Gasteiger partial charge >= 0.3 is 0 Å². The van der Waals surface area contributed by atoms with Crippen molar-refractivity contribution in [2.24, 2.45) is 0 Å². The number of nitrogens with one attached hydrogen (secondary N) is 1. The fraction of sp³-hybridized carbons (Fsp3) is 0.176. The number of hydrogen-bond donors (Lipinski definition) is 1. The third-order valence-corrected chi connectivity index (χ3v) is 4.68. The highest BCUT2D eigenvalue weighted by Crippen LogP contribution is 2.28. The summed E-state index contributed by atoms with van der Waals surface area (Å²) in [6.07, 6.45) is 0. The van der Waals surface area contributed by atoms with E-state index in [1.165, 1.54) is 11.3 Å². The fourth-order valence-corrected chi connectivity index (χ4v) is 3.46. The predicted octanol–water partition coefficient (Wildman–Crippen LogP) is 4.29. The van der Waals surface area contributed by atoms with Crippen molar-refractivity contribution in [3.8, 4) is 22.1 Å². The third kappa shape index (κ3) is 4.33. The van der Waals surface area contributed by atoms with Crippen LogP contribution in [0.5, 0.6) is 11.5 Å². The zero-order valence-electron chi connectivity index (χ0n) is 13.0. The Morgan fingerprint density at radius 3 is 2.54 bits per heavy atom. The molecule has 2 aromatic heterocycles. The highest BCUT2D eigenvalue weighted by Gasteiger charge is 2.09. The Bertz CT molecular complexity index is 783. The average molecular weight is 360 g/mol. The lowest BCUT2D eigenvalue weighted by atomic mass is 10.3. The number of thiophene rings is 1. The molecule has 24 heavy (non-hydrogen) atoms. The van der Waals surface area contributed by atoms with E-state index in [2.05, 4.69) is 10.3 Å². The van der Waals surface area contributed by atoms with Crippen LogP contribution in [0.4, 0.5) is 5.13 Å². The Morgan fingerprint density at radius 2 is 1.88 bits per heavy atom. The molecular weight excluding hydrogens is 344 g/mol. The van der Waals surface area contributed by atoms with Crippen LogP contribution in [0, 0.1) is 0 Å². The molecule has 0 radical (unpaired) electrons. The first-order chi connectivity index (χ1) is 11.7. The van der Waals surface area contributed by atoms with Gasteiger partial charge < -0.3 is 9.47 Å². The van der Waals surface area contributed by atoms with Crippen LogP contribution in [0.2, 0.25) is 0 Å². The topological polar surface area (TPSA) is 60.5 Å². The van der Waals surface area contributed by atoms with Gasteiger partial charge in [0.25, 0.3) is 5.91 Å². The van der Waals surface area contributed by atoms with E-state index in [0.29, 0.717) is 17.5 Å². The molecule has 1 aromatic carbocycles. The van der Waals surface area contributed by atoms with Crippen LogP contribution >= 0.6 is 22.7 Å². The summed E-state index contributed by atoms with van der Waals surface area (Å²) >= 11 is 3.01. The maximum Gasteiger partial charge on any atom is 0.264 e. The lowest BCUT2D eigenvalue weighted by Crippen LogP contribution is -2.20. The molecule has 1 N–H and O–H groups in total. The SMILES string of the molecule is CCOc1ccc(OCC(=O)Nc2nc(-c3cccs3)cs2)cc1. The van der Waals surface area contributed by atoms with Crippen molar-refractivity contribution in [1.82, 2.24) is 4.98 Å². The highest BCUT2D eigenvalue weighted by molar-refractivity contribution is 7.16. The minimum atomic E-state index is -0.240. The Labute approximate surface area is 147 Å². The normalized spacial score (nSPS) is 10.4. The molecule has 124 valence electrons. The quantitative estimate of drug-likeness (QED) is 0.683. The zero-order chi connectivity index (χ0) is 16.8. The van der Waals surface area contributed by atoms with Gasteiger partial charge in [0.15, 0.2) is 11.7 Å². The van der Waals surface area contributed by atoms with Crippen molar-refractivity contribution >= 4 is 33.7 Å². The van der Waals surface area contributed by atoms with Gasteiger partial charge in [-0.05, 0) is 42.6 Å². The average Bonchev–Trinajstić information content (AvgIpc) is 3.26. The number of benzene rings is 1. The van der Waals surface area contributed by atoms with E-state index >= 15 is 0 Å². The molecule has 0 bridgehead atoms. The second-order valence-electron chi connectivity index (χ2n) is 4.76. The predicted molar refractivity (Wildman–Crippen MR) is 97.2 cm³/mol. The number of anilines is 1. The van der Waals surface area contributed by atoms with E-state index in [0.717, 1.165) is 16.3 Å². The molecule has 7 heteroatoms. The van der Waals surface area contributed by atoms with E-state index in [-0.39, 0.29) is 12.5 Å². The minimum absolute atomic E-state index is 0.0676. The molecule has 3 rings (SSSR count). The molecule has 0 saturated carbocycles. The summed E-state index contributed by atoms with van der Waals surface area (Å²) in [7, 11) is 0. The van der Waals surface area contributed by atoms with Crippen molar-refractivity contribution < 1.29 is 14.3 Å². The van der Waals surface area contributed by atoms with E-state index < -0.39 is 0 Å². The van der Waals surface area contributed by atoms with Crippen LogP contribution in [0.3, 0.4) is 0 Å². The molecule has 0 aliphatic heterocycles. The number of amides is 1. The fourth-order valence-electron chi connectivity index (χ4n) is 1.97. The van der Waals surface area contributed by atoms with E-state index in [4.69, 9.17) is 9.47 Å². The summed E-state index contributed by atoms with van der Waals surface area (Å²) in [5, 5.41) is 7.24. The van der Waals surface area contributed by atoms with E-state index in [1.807, 2.05) is 41.9 Å². The number of ether oxygens (including phenoxy) is 2. The standard InChI is InChI=1S/C17H16N2O3S2/c1-2-21-12-5-7-13(8-6-12)22-10-16(20)19-17-18-14(11-24-17)15-4-3-9-23-15/h3-9,11H,2,10H2,1H3,(H,18,19,20). The second kappa shape index (κ2) is 7.94. The Morgan fingerprint density at radius 1 is 1.12 bits per heavy atom. The van der Waals surface area contributed by atoms with E-state index in [9.17, 15) is 4.79 Å². The summed E-state index contributed by atoms with van der Waals surface area (Å²) in [6, 6.07) is 11.1. The molecule has 0 unspecified atom stereocenters. The van der Waals surface area contributed by atoms with Gasteiger partial charge in [-0.1, -0.05) is 6.07 Å². The van der Waals surface area contributed by atoms with Crippen molar-refractivity contribution in [3.05, 3.63) is 47.2 Å². The third-order valence-electron chi connectivity index (χ3n) is 3.03. The summed E-state index contributed by atoms with van der Waals surface area (Å²) in [4.78, 5) is 17.4. The summed E-state index contributed by atoms with van der Waals surface area (Å²) in [5.74, 6) is 1.15. The van der Waals surface area contributed by atoms with Crippen molar-refractivity contribution in [3.63, 3.8) is 0 Å². The van der Waals surface area contributed by atoms with E-state index in [1.54, 1.807) is 23.5 Å². The molecule has 0 saturated heterocycles. The molecule has 0 spiro atoms. The van der Waals surface area contributed by atoms with Crippen LogP contribution in [0.15, 0.2) is 47.2 Å². The van der Waals surface area contributed by atoms with Gasteiger partial charge in [-0.25, -0.2) is 4.98 Å². The van der Waals surface area contributed by atoms with Crippen molar-refractivity contribution in [1.29, 1.82) is 0 Å². The van der Waals surface area contributed by atoms with Crippen LogP contribution in [0.25, 0.3) is 10.6 Å². The number of nitrogens with zero attached hydrogens (tertiary/aromatic N) is 1. The zero-order valence-corrected chi connectivity index (χ0v) is 14.7. The van der Waals surface area contributed by atoms with Crippen LogP contribution in [-0.2, 0) is 4.79 Å². The number of rotatable bonds is 7. The maximum atomic E-state index is 12.0. The van der Waals surface area contributed by atoms with Gasteiger partial charge in [0.05, 0.1) is 17.2 Å². The second-order valence-corrected chi connectivity index (χ2v) is 6.56. The molecule has 0 aliphatic rings. The first-order valence-corrected chi connectivity index (χ1v) is 9.15. The molecule has 1 amide bonds. The first kappa shape index (κ1) is 16.5. The monoisotopic (exact) mass is 360 g/mol. The van der Waals surface area contributed by atoms with Crippen molar-refractivity contribution in [2.45, 2.75) is 6.92 Å². The lowest BCUT2D eigenvalue weighted by molar-refractivity contribution is -0.118. The largest absolute Gasteiger partial charge is 0.494 e. The van der Waals surface area contributed by atoms with Crippen LogP contribution in [-0.4, -0.2) is 24.1 Å². The van der Waals surface area contributed by atoms with Gasteiger partial charge in [-0.3, -0.25) is 10.1 Å². The molecule has 5 nitrogen and oxygen atoms in total. The molecule has 0 aliphatic carbocycles. The number of carbonyl (C=O) groups is 1. The Balaban J connectivity index is 1.50. The van der Waals surface area contributed by atoms with Gasteiger partial charge in [0.2, 0.25) is 0 Å². The maximum absolute atomic E-state index is 12.0. The first-order valence-electron chi connectivity index (χ1n) is 7.39. The molecule has 0 fully saturated rings. The summed E-state index contributed by atoms with van der Waals surface area (Å²) in [6.45, 7) is 2.48. The van der Waals surface area contributed by atoms with Gasteiger partial charge in [0.1, 0.15) is 11.5 Å². The molecule has 2 heterocycles. The van der Waals surface area contributed by atoms with Gasteiger partial charge in [0, 0.05) is 5.38 Å². The Kier molecular flexibility index (Phi) is 5.45. The molecule has 3 aromatic rings. The van der Waals surface area contributed by atoms with Crippen molar-refractivity contribution in [2.75, 3.05) is 18.5 Å². The van der Waals surface area contributed by atoms with Gasteiger partial charge in [-0.2, -0.15) is 0 Å². The molecular formula is C17H16N2O3S2. The van der Waals surface area contributed by atoms with Crippen LogP contribution in [0.1, 0.15) is 6.92 Å². The summed E-state index contributed by atoms with van der Waals surface area (Å²) in [5.41, 5.74) is 0.873. The van der Waals surface area contributed by atoms with Gasteiger partial charge in [-0.15, -0.1) is 22.7 Å². The minimum Gasteiger partial charge on any atom is -0.494 e. The highest BCUT2D eigenvalue weighted by atomic mass is 32.1. The lowest BCUT2D eigenvalue weighted by Gasteiger charge is -2.07. The number of aromatic nitrogens is 1. The number of carbonyl (C=O) groups excluding carboxylic acids is 1. The smallest absolute Gasteiger partial charge is 0.264 e. The number of thiazole rings is 1.